The van der Waals surface area contributed by atoms with E-state index in [1.165, 1.54) is 60.1 Å². The van der Waals surface area contributed by atoms with Crippen molar-refractivity contribution in [3.63, 3.8) is 0 Å². The second-order valence-electron chi connectivity index (χ2n) is 10.2. The van der Waals surface area contributed by atoms with E-state index in [9.17, 15) is 13.2 Å². The van der Waals surface area contributed by atoms with Gasteiger partial charge in [0.25, 0.3) is 0 Å². The Morgan fingerprint density at radius 1 is 1.06 bits per heavy atom. The van der Waals surface area contributed by atoms with Crippen LogP contribution in [0.25, 0.3) is 0 Å². The molecule has 1 nitrogen and oxygen atoms in total. The Bertz CT molecular complexity index is 932. The summed E-state index contributed by atoms with van der Waals surface area (Å²) in [4.78, 5) is 0. The quantitative estimate of drug-likeness (QED) is 0.475. The summed E-state index contributed by atoms with van der Waals surface area (Å²) < 4.78 is 45.5. The summed E-state index contributed by atoms with van der Waals surface area (Å²) in [6.45, 7) is 8.70. The Kier molecular flexibility index (Phi) is 5.87. The summed E-state index contributed by atoms with van der Waals surface area (Å²) in [6.07, 6.45) is 3.25. The van der Waals surface area contributed by atoms with E-state index in [2.05, 4.69) is 33.8 Å². The number of benzene rings is 2. The van der Waals surface area contributed by atoms with Gasteiger partial charge in [-0.05, 0) is 104 Å². The Hall–Kier alpha value is -1.97. The van der Waals surface area contributed by atoms with Gasteiger partial charge in [-0.15, -0.1) is 0 Å². The maximum absolute atomic E-state index is 13.0. The lowest BCUT2D eigenvalue weighted by Gasteiger charge is -2.36. The molecule has 1 aliphatic carbocycles. The van der Waals surface area contributed by atoms with Crippen molar-refractivity contribution in [3.8, 4) is 5.75 Å². The Morgan fingerprint density at radius 2 is 1.71 bits per heavy atom. The first-order valence-electron chi connectivity index (χ1n) is 11.6. The van der Waals surface area contributed by atoms with Crippen molar-refractivity contribution in [2.24, 2.45) is 0 Å². The minimum atomic E-state index is -4.30. The number of fused-ring (bicyclic) bond motifs is 1. The zero-order chi connectivity index (χ0) is 22.4. The van der Waals surface area contributed by atoms with Crippen LogP contribution >= 0.6 is 0 Å². The van der Waals surface area contributed by atoms with E-state index < -0.39 is 11.7 Å². The molecule has 1 saturated carbocycles. The van der Waals surface area contributed by atoms with Crippen LogP contribution < -0.4 is 4.74 Å². The molecule has 0 bridgehead atoms. The van der Waals surface area contributed by atoms with E-state index in [1.807, 2.05) is 0 Å². The highest BCUT2D eigenvalue weighted by atomic mass is 19.4. The van der Waals surface area contributed by atoms with E-state index in [0.717, 1.165) is 24.2 Å². The highest BCUT2D eigenvalue weighted by Crippen LogP contribution is 2.47. The fourth-order valence-corrected chi connectivity index (χ4v) is 5.34. The van der Waals surface area contributed by atoms with Crippen molar-refractivity contribution in [1.82, 2.24) is 0 Å². The molecule has 0 amide bonds. The summed E-state index contributed by atoms with van der Waals surface area (Å²) in [5.41, 5.74) is 5.57. The van der Waals surface area contributed by atoms with E-state index in [-0.39, 0.29) is 5.60 Å². The van der Waals surface area contributed by atoms with Crippen molar-refractivity contribution in [2.45, 2.75) is 96.3 Å². The average Bonchev–Trinajstić information content (AvgIpc) is 3.21. The largest absolute Gasteiger partial charge is 0.488 e. The van der Waals surface area contributed by atoms with Crippen LogP contribution in [0.5, 0.6) is 5.75 Å². The van der Waals surface area contributed by atoms with Crippen LogP contribution in [0.4, 0.5) is 13.2 Å². The minimum absolute atomic E-state index is 0.164. The maximum Gasteiger partial charge on any atom is 0.416 e. The van der Waals surface area contributed by atoms with Gasteiger partial charge in [-0.25, -0.2) is 0 Å². The smallest absolute Gasteiger partial charge is 0.416 e. The molecular formula is C27H33F3O. The average molecular weight is 431 g/mol. The van der Waals surface area contributed by atoms with Crippen LogP contribution in [0.15, 0.2) is 30.3 Å². The summed E-state index contributed by atoms with van der Waals surface area (Å²) in [7, 11) is 0. The van der Waals surface area contributed by atoms with Gasteiger partial charge in [0.15, 0.2) is 0 Å². The summed E-state index contributed by atoms with van der Waals surface area (Å²) in [6, 6.07) is 7.93. The molecule has 0 saturated heterocycles. The van der Waals surface area contributed by atoms with Gasteiger partial charge in [0.05, 0.1) is 5.56 Å². The van der Waals surface area contributed by atoms with Gasteiger partial charge >= 0.3 is 6.18 Å². The second kappa shape index (κ2) is 8.18. The third-order valence-corrected chi connectivity index (χ3v) is 6.99. The van der Waals surface area contributed by atoms with E-state index in [0.29, 0.717) is 18.3 Å². The predicted molar refractivity (Wildman–Crippen MR) is 119 cm³/mol. The number of hydrogen-bond acceptors (Lipinski definition) is 1. The molecule has 0 unspecified atom stereocenters. The van der Waals surface area contributed by atoms with Crippen LogP contribution in [-0.4, -0.2) is 5.60 Å². The molecule has 0 radical (unpaired) electrons. The molecule has 4 rings (SSSR count). The predicted octanol–water partition coefficient (Wildman–Crippen LogP) is 8.18. The van der Waals surface area contributed by atoms with Gasteiger partial charge in [-0.3, -0.25) is 0 Å². The third kappa shape index (κ3) is 4.63. The highest BCUT2D eigenvalue weighted by molar-refractivity contribution is 5.55. The summed E-state index contributed by atoms with van der Waals surface area (Å²) in [5.74, 6) is 1.88. The van der Waals surface area contributed by atoms with Gasteiger partial charge in [-0.2, -0.15) is 13.2 Å². The molecule has 31 heavy (non-hydrogen) atoms. The number of hydrogen-bond donors (Lipinski definition) is 0. The molecule has 2 aromatic rings. The molecule has 0 N–H and O–H groups in total. The van der Waals surface area contributed by atoms with Crippen LogP contribution in [0.1, 0.15) is 105 Å². The fraction of sp³-hybridized carbons (Fsp3) is 0.556. The number of halogens is 3. The molecule has 1 heterocycles. The molecule has 0 spiro atoms. The van der Waals surface area contributed by atoms with Crippen molar-refractivity contribution in [3.05, 3.63) is 63.7 Å². The molecule has 0 atom stereocenters. The number of rotatable bonds is 4. The van der Waals surface area contributed by atoms with Gasteiger partial charge < -0.3 is 4.74 Å². The van der Waals surface area contributed by atoms with E-state index >= 15 is 0 Å². The second-order valence-corrected chi connectivity index (χ2v) is 10.2. The van der Waals surface area contributed by atoms with Gasteiger partial charge in [0.1, 0.15) is 11.4 Å². The zero-order valence-corrected chi connectivity index (χ0v) is 19.0. The van der Waals surface area contributed by atoms with Crippen molar-refractivity contribution in [1.29, 1.82) is 0 Å². The number of alkyl halides is 3. The third-order valence-electron chi connectivity index (χ3n) is 6.99. The highest BCUT2D eigenvalue weighted by Gasteiger charge is 2.34. The normalized spacial score (nSPS) is 18.8. The van der Waals surface area contributed by atoms with Gasteiger partial charge in [0, 0.05) is 0 Å². The molecule has 1 fully saturated rings. The zero-order valence-electron chi connectivity index (χ0n) is 19.0. The molecule has 4 heteroatoms. The monoisotopic (exact) mass is 430 g/mol. The first kappa shape index (κ1) is 22.2. The maximum atomic E-state index is 13.0. The topological polar surface area (TPSA) is 9.23 Å². The number of ether oxygens (including phenoxy) is 1. The first-order valence-corrected chi connectivity index (χ1v) is 11.6. The van der Waals surface area contributed by atoms with Crippen LogP contribution in [0.3, 0.4) is 0 Å². The Balaban J connectivity index is 1.82. The molecule has 2 aromatic carbocycles. The molecule has 168 valence electrons. The lowest BCUT2D eigenvalue weighted by Crippen LogP contribution is -2.33. The molecule has 0 aromatic heterocycles. The van der Waals surface area contributed by atoms with Crippen molar-refractivity contribution >= 4 is 0 Å². The minimum Gasteiger partial charge on any atom is -0.488 e. The lowest BCUT2D eigenvalue weighted by atomic mass is 9.78. The van der Waals surface area contributed by atoms with Crippen LogP contribution in [0.2, 0.25) is 0 Å². The molecule has 1 aliphatic heterocycles. The Morgan fingerprint density at radius 3 is 2.29 bits per heavy atom. The first-order chi connectivity index (χ1) is 14.5. The standard InChI is InChI=1S/C27H33F3O/c1-17(2)22-16-24-21(13-14-26(3,4)31-24)25(19-7-5-6-8-19)23(22)15-18-9-11-20(12-10-18)27(28,29)30/h9-12,16-17,19H,5-8,13-15H2,1-4H3. The van der Waals surface area contributed by atoms with Crippen molar-refractivity contribution in [2.75, 3.05) is 0 Å². The van der Waals surface area contributed by atoms with Gasteiger partial charge in [0.2, 0.25) is 0 Å². The Labute approximate surface area is 184 Å². The van der Waals surface area contributed by atoms with Crippen LogP contribution in [-0.2, 0) is 19.0 Å². The van der Waals surface area contributed by atoms with E-state index in [1.54, 1.807) is 12.1 Å². The molecular weight excluding hydrogens is 397 g/mol. The van der Waals surface area contributed by atoms with Gasteiger partial charge in [-0.1, -0.05) is 38.8 Å². The lowest BCUT2D eigenvalue weighted by molar-refractivity contribution is -0.137. The van der Waals surface area contributed by atoms with Crippen LogP contribution in [0, 0.1) is 0 Å². The van der Waals surface area contributed by atoms with Crippen molar-refractivity contribution < 1.29 is 17.9 Å². The summed E-state index contributed by atoms with van der Waals surface area (Å²) >= 11 is 0. The fourth-order valence-electron chi connectivity index (χ4n) is 5.34. The summed E-state index contributed by atoms with van der Waals surface area (Å²) in [5, 5.41) is 0. The molecule has 2 aliphatic rings. The SMILES string of the molecule is CC(C)c1cc2c(c(C3CCCC3)c1Cc1ccc(C(F)(F)F)cc1)CCC(C)(C)O2. The van der Waals surface area contributed by atoms with E-state index in [4.69, 9.17) is 4.74 Å².